The molecule has 2 atom stereocenters. The van der Waals surface area contributed by atoms with Crippen LogP contribution in [0.3, 0.4) is 0 Å². The Labute approximate surface area is 93.8 Å². The highest BCUT2D eigenvalue weighted by atomic mass is 79.9. The van der Waals surface area contributed by atoms with Crippen molar-refractivity contribution >= 4 is 15.9 Å². The zero-order valence-corrected chi connectivity index (χ0v) is 10.3. The minimum Gasteiger partial charge on any atom is -0.345 e. The van der Waals surface area contributed by atoms with E-state index in [4.69, 9.17) is 9.47 Å². The van der Waals surface area contributed by atoms with Crippen molar-refractivity contribution in [2.45, 2.75) is 57.5 Å². The topological polar surface area (TPSA) is 18.5 Å². The highest BCUT2D eigenvalue weighted by molar-refractivity contribution is 9.11. The summed E-state index contributed by atoms with van der Waals surface area (Å²) in [5, 5.41) is 0. The molecule has 0 amide bonds. The van der Waals surface area contributed by atoms with E-state index in [1.54, 1.807) is 0 Å². The van der Waals surface area contributed by atoms with Gasteiger partial charge in [0, 0.05) is 0 Å². The summed E-state index contributed by atoms with van der Waals surface area (Å²) in [6.07, 6.45) is 7.12. The van der Waals surface area contributed by atoms with Crippen LogP contribution in [0.1, 0.15) is 39.5 Å². The van der Waals surface area contributed by atoms with Crippen LogP contribution < -0.4 is 0 Å². The zero-order valence-electron chi connectivity index (χ0n) is 8.75. The normalized spacial score (nSPS) is 40.6. The van der Waals surface area contributed by atoms with E-state index in [9.17, 15) is 0 Å². The van der Waals surface area contributed by atoms with Gasteiger partial charge in [0.15, 0.2) is 5.79 Å². The Bertz CT molecular complexity index is 248. The van der Waals surface area contributed by atoms with Gasteiger partial charge in [-0.05, 0) is 44.0 Å². The number of ether oxygens (including phenoxy) is 2. The Morgan fingerprint density at radius 3 is 2.64 bits per heavy atom. The predicted molar refractivity (Wildman–Crippen MR) is 59.3 cm³/mol. The summed E-state index contributed by atoms with van der Waals surface area (Å²) in [6.45, 7) is 4.00. The lowest BCUT2D eigenvalue weighted by molar-refractivity contribution is -0.146. The van der Waals surface area contributed by atoms with Crippen molar-refractivity contribution in [3.05, 3.63) is 10.6 Å². The molecule has 0 aromatic rings. The average Bonchev–Trinajstić information content (AvgIpc) is 2.34. The van der Waals surface area contributed by atoms with Gasteiger partial charge in [-0.3, -0.25) is 0 Å². The number of hydrogen-bond donors (Lipinski definition) is 0. The molecule has 0 bridgehead atoms. The third-order valence-electron chi connectivity index (χ3n) is 2.77. The van der Waals surface area contributed by atoms with E-state index in [0.29, 0.717) is 6.10 Å². The number of allylic oxidation sites excluding steroid dienone is 2. The molecule has 14 heavy (non-hydrogen) atoms. The van der Waals surface area contributed by atoms with E-state index < -0.39 is 0 Å². The second-order valence-electron chi connectivity index (χ2n) is 4.48. The van der Waals surface area contributed by atoms with Crippen molar-refractivity contribution in [3.63, 3.8) is 0 Å². The van der Waals surface area contributed by atoms with Gasteiger partial charge in [-0.2, -0.15) is 0 Å². The SMILES string of the molecule is CC1(C)O[C@H]2CC/C=C(/Br)CC[C@@H]2O1. The molecule has 0 saturated carbocycles. The number of hydrogen-bond acceptors (Lipinski definition) is 2. The van der Waals surface area contributed by atoms with E-state index in [1.807, 2.05) is 13.8 Å². The maximum absolute atomic E-state index is 5.87. The van der Waals surface area contributed by atoms with E-state index in [-0.39, 0.29) is 11.9 Å². The number of fused-ring (bicyclic) bond motifs is 1. The molecule has 0 aromatic heterocycles. The molecular weight excluding hydrogens is 244 g/mol. The lowest BCUT2D eigenvalue weighted by Crippen LogP contribution is -2.23. The van der Waals surface area contributed by atoms with E-state index in [1.165, 1.54) is 4.48 Å². The fourth-order valence-corrected chi connectivity index (χ4v) is 2.64. The standard InChI is InChI=1S/C11H17BrO2/c1-11(2)13-9-5-3-4-8(12)6-7-10(9)14-11/h4,9-10H,3,5-7H2,1-2H3/b8-4+/t9-,10-/m0/s1. The van der Waals surface area contributed by atoms with Gasteiger partial charge in [0.2, 0.25) is 0 Å². The molecule has 2 aliphatic rings. The van der Waals surface area contributed by atoms with Crippen molar-refractivity contribution < 1.29 is 9.47 Å². The van der Waals surface area contributed by atoms with Gasteiger partial charge in [0.1, 0.15) is 0 Å². The highest BCUT2D eigenvalue weighted by Crippen LogP contribution is 2.35. The molecule has 0 N–H and O–H groups in total. The van der Waals surface area contributed by atoms with Gasteiger partial charge < -0.3 is 9.47 Å². The van der Waals surface area contributed by atoms with Crippen LogP contribution >= 0.6 is 15.9 Å². The van der Waals surface area contributed by atoms with E-state index in [2.05, 4.69) is 22.0 Å². The second kappa shape index (κ2) is 3.95. The van der Waals surface area contributed by atoms with Crippen LogP contribution in [0.2, 0.25) is 0 Å². The molecule has 1 aliphatic carbocycles. The van der Waals surface area contributed by atoms with Gasteiger partial charge in [-0.1, -0.05) is 22.0 Å². The molecular formula is C11H17BrO2. The van der Waals surface area contributed by atoms with E-state index in [0.717, 1.165) is 25.7 Å². The Kier molecular flexibility index (Phi) is 3.01. The van der Waals surface area contributed by atoms with Crippen LogP contribution in [0.25, 0.3) is 0 Å². The summed E-state index contributed by atoms with van der Waals surface area (Å²) >= 11 is 3.56. The van der Waals surface area contributed by atoms with Crippen molar-refractivity contribution in [2.75, 3.05) is 0 Å². The Hall–Kier alpha value is 0.140. The van der Waals surface area contributed by atoms with Gasteiger partial charge in [0.05, 0.1) is 12.2 Å². The average molecular weight is 261 g/mol. The minimum absolute atomic E-state index is 0.284. The van der Waals surface area contributed by atoms with E-state index >= 15 is 0 Å². The molecule has 2 nitrogen and oxygen atoms in total. The highest BCUT2D eigenvalue weighted by Gasteiger charge is 2.40. The molecule has 3 heteroatoms. The zero-order chi connectivity index (χ0) is 10.2. The van der Waals surface area contributed by atoms with Crippen molar-refractivity contribution in [2.24, 2.45) is 0 Å². The third-order valence-corrected chi connectivity index (χ3v) is 3.49. The van der Waals surface area contributed by atoms with Crippen LogP contribution in [0.5, 0.6) is 0 Å². The maximum Gasteiger partial charge on any atom is 0.163 e. The molecule has 1 saturated heterocycles. The first-order valence-corrected chi connectivity index (χ1v) is 6.06. The summed E-state index contributed by atoms with van der Waals surface area (Å²) in [7, 11) is 0. The summed E-state index contributed by atoms with van der Waals surface area (Å²) in [4.78, 5) is 0. The van der Waals surface area contributed by atoms with Crippen molar-refractivity contribution in [1.29, 1.82) is 0 Å². The smallest absolute Gasteiger partial charge is 0.163 e. The van der Waals surface area contributed by atoms with Gasteiger partial charge >= 0.3 is 0 Å². The van der Waals surface area contributed by atoms with Crippen LogP contribution in [0, 0.1) is 0 Å². The first kappa shape index (κ1) is 10.7. The number of rotatable bonds is 0. The molecule has 1 aliphatic heterocycles. The van der Waals surface area contributed by atoms with Crippen LogP contribution in [-0.4, -0.2) is 18.0 Å². The van der Waals surface area contributed by atoms with Gasteiger partial charge in [-0.15, -0.1) is 0 Å². The first-order valence-electron chi connectivity index (χ1n) is 5.27. The quantitative estimate of drug-likeness (QED) is 0.665. The molecule has 0 aromatic carbocycles. The molecule has 2 rings (SSSR count). The Morgan fingerprint density at radius 2 is 1.93 bits per heavy atom. The van der Waals surface area contributed by atoms with Crippen LogP contribution in [0.15, 0.2) is 10.6 Å². The Morgan fingerprint density at radius 1 is 1.29 bits per heavy atom. The molecule has 0 unspecified atom stereocenters. The second-order valence-corrected chi connectivity index (χ2v) is 5.50. The lowest BCUT2D eigenvalue weighted by atomic mass is 10.0. The summed E-state index contributed by atoms with van der Waals surface area (Å²) in [5.74, 6) is -0.383. The van der Waals surface area contributed by atoms with Crippen LogP contribution in [-0.2, 0) is 9.47 Å². The predicted octanol–water partition coefficient (Wildman–Crippen LogP) is 3.36. The van der Waals surface area contributed by atoms with Crippen molar-refractivity contribution in [3.8, 4) is 0 Å². The fraction of sp³-hybridized carbons (Fsp3) is 0.818. The Balaban J connectivity index is 2.04. The lowest BCUT2D eigenvalue weighted by Gasteiger charge is -2.18. The molecule has 1 fully saturated rings. The molecule has 1 heterocycles. The molecule has 80 valence electrons. The summed E-state index contributed by atoms with van der Waals surface area (Å²) in [6, 6.07) is 0. The maximum atomic E-state index is 5.87. The van der Waals surface area contributed by atoms with Crippen molar-refractivity contribution in [1.82, 2.24) is 0 Å². The minimum atomic E-state index is -0.383. The monoisotopic (exact) mass is 260 g/mol. The molecule has 0 radical (unpaired) electrons. The summed E-state index contributed by atoms with van der Waals surface area (Å²) in [5.41, 5.74) is 0. The van der Waals surface area contributed by atoms with Crippen LogP contribution in [0.4, 0.5) is 0 Å². The first-order chi connectivity index (χ1) is 6.57. The molecule has 0 spiro atoms. The summed E-state index contributed by atoms with van der Waals surface area (Å²) < 4.78 is 13.0. The van der Waals surface area contributed by atoms with Gasteiger partial charge in [-0.25, -0.2) is 0 Å². The largest absolute Gasteiger partial charge is 0.345 e. The van der Waals surface area contributed by atoms with Gasteiger partial charge in [0.25, 0.3) is 0 Å². The fourth-order valence-electron chi connectivity index (χ4n) is 2.18. The third kappa shape index (κ3) is 2.38. The number of halogens is 1.